The number of rotatable bonds is 6. The number of nitrogens with one attached hydrogen (secondary N) is 2. The first-order valence-corrected chi connectivity index (χ1v) is 8.32. The molecule has 5 heteroatoms. The summed E-state index contributed by atoms with van der Waals surface area (Å²) >= 11 is 0. The van der Waals surface area contributed by atoms with Gasteiger partial charge in [-0.05, 0) is 38.1 Å². The summed E-state index contributed by atoms with van der Waals surface area (Å²) in [5.41, 5.74) is 0.904. The zero-order valence-electron chi connectivity index (χ0n) is 14.1. The minimum atomic E-state index is 0.0267. The van der Waals surface area contributed by atoms with Gasteiger partial charge >= 0.3 is 0 Å². The maximum absolute atomic E-state index is 5.91. The average Bonchev–Trinajstić information content (AvgIpc) is 3.24. The van der Waals surface area contributed by atoms with Crippen molar-refractivity contribution in [1.82, 2.24) is 10.6 Å². The van der Waals surface area contributed by atoms with Gasteiger partial charge in [0.15, 0.2) is 5.96 Å². The predicted octanol–water partition coefficient (Wildman–Crippen LogP) is 3.88. The second-order valence-electron chi connectivity index (χ2n) is 5.64. The van der Waals surface area contributed by atoms with E-state index in [1.54, 1.807) is 6.26 Å². The summed E-state index contributed by atoms with van der Waals surface area (Å²) in [6.07, 6.45) is 2.47. The van der Waals surface area contributed by atoms with Crippen LogP contribution < -0.4 is 10.6 Å². The van der Waals surface area contributed by atoms with Crippen LogP contribution in [0.25, 0.3) is 11.0 Å². The Bertz CT molecular complexity index is 757. The predicted molar refractivity (Wildman–Crippen MR) is 96.2 cm³/mol. The molecule has 0 aliphatic carbocycles. The highest BCUT2D eigenvalue weighted by Gasteiger charge is 2.12. The number of benzene rings is 1. The van der Waals surface area contributed by atoms with E-state index in [1.165, 1.54) is 0 Å². The monoisotopic (exact) mass is 325 g/mol. The van der Waals surface area contributed by atoms with E-state index in [0.29, 0.717) is 6.54 Å². The van der Waals surface area contributed by atoms with Crippen molar-refractivity contribution in [2.45, 2.75) is 26.3 Å². The van der Waals surface area contributed by atoms with Crippen LogP contribution in [0, 0.1) is 0 Å². The molecule has 2 N–H and O–H groups in total. The normalized spacial score (nSPS) is 13.2. The molecule has 1 atom stereocenters. The molecule has 0 aliphatic heterocycles. The first-order valence-electron chi connectivity index (χ1n) is 8.32. The zero-order valence-corrected chi connectivity index (χ0v) is 14.1. The summed E-state index contributed by atoms with van der Waals surface area (Å²) in [6.45, 7) is 5.59. The van der Waals surface area contributed by atoms with Crippen molar-refractivity contribution in [3.05, 3.63) is 60.2 Å². The third-order valence-corrected chi connectivity index (χ3v) is 3.78. The van der Waals surface area contributed by atoms with Crippen molar-refractivity contribution >= 4 is 16.9 Å². The molecule has 0 aliphatic rings. The van der Waals surface area contributed by atoms with Crippen molar-refractivity contribution in [3.63, 3.8) is 0 Å². The van der Waals surface area contributed by atoms with Crippen LogP contribution >= 0.6 is 0 Å². The molecule has 0 fully saturated rings. The third-order valence-electron chi connectivity index (χ3n) is 3.78. The van der Waals surface area contributed by atoms with Crippen LogP contribution in [-0.4, -0.2) is 19.0 Å². The van der Waals surface area contributed by atoms with Crippen LogP contribution in [0.1, 0.15) is 31.4 Å². The molecular weight excluding hydrogens is 302 g/mol. The van der Waals surface area contributed by atoms with Gasteiger partial charge in [0.1, 0.15) is 17.1 Å². The minimum absolute atomic E-state index is 0.0267. The molecular formula is C19H23N3O2. The minimum Gasteiger partial charge on any atom is -0.469 e. The second kappa shape index (κ2) is 7.73. The largest absolute Gasteiger partial charge is 0.469 e. The van der Waals surface area contributed by atoms with Gasteiger partial charge < -0.3 is 19.5 Å². The van der Waals surface area contributed by atoms with Crippen molar-refractivity contribution in [2.24, 2.45) is 4.99 Å². The van der Waals surface area contributed by atoms with E-state index < -0.39 is 0 Å². The topological polar surface area (TPSA) is 62.7 Å². The Labute approximate surface area is 141 Å². The summed E-state index contributed by atoms with van der Waals surface area (Å²) in [7, 11) is 0. The van der Waals surface area contributed by atoms with Gasteiger partial charge in [-0.3, -0.25) is 4.99 Å². The van der Waals surface area contributed by atoms with Gasteiger partial charge in [-0.1, -0.05) is 18.2 Å². The van der Waals surface area contributed by atoms with E-state index in [1.807, 2.05) is 30.3 Å². The number of guanidine groups is 1. The Morgan fingerprint density at radius 2 is 2.08 bits per heavy atom. The van der Waals surface area contributed by atoms with Gasteiger partial charge in [-0.2, -0.15) is 0 Å². The van der Waals surface area contributed by atoms with Gasteiger partial charge in [-0.15, -0.1) is 0 Å². The van der Waals surface area contributed by atoms with Crippen LogP contribution in [0.5, 0.6) is 0 Å². The van der Waals surface area contributed by atoms with Gasteiger partial charge in [0, 0.05) is 24.9 Å². The van der Waals surface area contributed by atoms with Crippen LogP contribution in [0.2, 0.25) is 0 Å². The number of furan rings is 2. The lowest BCUT2D eigenvalue weighted by atomic mass is 10.2. The Morgan fingerprint density at radius 1 is 1.21 bits per heavy atom. The molecule has 126 valence electrons. The van der Waals surface area contributed by atoms with Gasteiger partial charge in [0.25, 0.3) is 0 Å². The van der Waals surface area contributed by atoms with Gasteiger partial charge in [0.05, 0.1) is 12.3 Å². The maximum atomic E-state index is 5.91. The Hall–Kier alpha value is -2.69. The number of hydrogen-bond acceptors (Lipinski definition) is 3. The summed E-state index contributed by atoms with van der Waals surface area (Å²) in [5, 5.41) is 7.77. The Morgan fingerprint density at radius 3 is 2.83 bits per heavy atom. The molecule has 0 amide bonds. The third kappa shape index (κ3) is 3.98. The number of nitrogens with zero attached hydrogens (tertiary/aromatic N) is 1. The number of para-hydroxylation sites is 1. The molecule has 3 aromatic rings. The van der Waals surface area contributed by atoms with E-state index in [-0.39, 0.29) is 6.04 Å². The lowest BCUT2D eigenvalue weighted by Gasteiger charge is -2.16. The second-order valence-corrected chi connectivity index (χ2v) is 5.64. The van der Waals surface area contributed by atoms with Crippen molar-refractivity contribution in [2.75, 3.05) is 13.1 Å². The lowest BCUT2D eigenvalue weighted by Crippen LogP contribution is -2.38. The lowest BCUT2D eigenvalue weighted by molar-refractivity contribution is 0.487. The molecule has 0 saturated heterocycles. The van der Waals surface area contributed by atoms with Crippen LogP contribution in [0.4, 0.5) is 0 Å². The van der Waals surface area contributed by atoms with Gasteiger partial charge in [0.2, 0.25) is 0 Å². The van der Waals surface area contributed by atoms with Crippen LogP contribution in [0.15, 0.2) is 62.6 Å². The maximum Gasteiger partial charge on any atom is 0.191 e. The van der Waals surface area contributed by atoms with Crippen molar-refractivity contribution < 1.29 is 8.83 Å². The zero-order chi connectivity index (χ0) is 16.8. The average molecular weight is 325 g/mol. The molecule has 1 aromatic carbocycles. The molecule has 0 radical (unpaired) electrons. The molecule has 0 spiro atoms. The summed E-state index contributed by atoms with van der Waals surface area (Å²) in [5.74, 6) is 2.62. The van der Waals surface area contributed by atoms with Crippen molar-refractivity contribution in [1.29, 1.82) is 0 Å². The van der Waals surface area contributed by atoms with E-state index >= 15 is 0 Å². The molecule has 0 saturated carbocycles. The summed E-state index contributed by atoms with van der Waals surface area (Å²) < 4.78 is 11.2. The van der Waals surface area contributed by atoms with E-state index in [0.717, 1.165) is 41.4 Å². The SMILES string of the molecule is CCNC(=NCCc1ccco1)NC(C)c1cc2ccccc2o1. The highest BCUT2D eigenvalue weighted by atomic mass is 16.3. The Balaban J connectivity index is 1.65. The van der Waals surface area contributed by atoms with Crippen LogP contribution in [0.3, 0.4) is 0 Å². The quantitative estimate of drug-likeness (QED) is 0.533. The number of aliphatic imine (C=N–C) groups is 1. The molecule has 2 aromatic heterocycles. The highest BCUT2D eigenvalue weighted by molar-refractivity contribution is 5.81. The smallest absolute Gasteiger partial charge is 0.191 e. The van der Waals surface area contributed by atoms with Gasteiger partial charge in [-0.25, -0.2) is 0 Å². The molecule has 1 unspecified atom stereocenters. The molecule has 3 rings (SSSR count). The highest BCUT2D eigenvalue weighted by Crippen LogP contribution is 2.23. The fourth-order valence-corrected chi connectivity index (χ4v) is 2.54. The molecule has 5 nitrogen and oxygen atoms in total. The first kappa shape index (κ1) is 16.2. The molecule has 0 bridgehead atoms. The van der Waals surface area contributed by atoms with E-state index in [9.17, 15) is 0 Å². The fourth-order valence-electron chi connectivity index (χ4n) is 2.54. The first-order chi connectivity index (χ1) is 11.8. The molecule has 2 heterocycles. The Kier molecular flexibility index (Phi) is 5.21. The summed E-state index contributed by atoms with van der Waals surface area (Å²) in [4.78, 5) is 4.60. The van der Waals surface area contributed by atoms with E-state index in [2.05, 4.69) is 41.6 Å². The van der Waals surface area contributed by atoms with E-state index in [4.69, 9.17) is 8.83 Å². The number of hydrogen-bond donors (Lipinski definition) is 2. The standard InChI is InChI=1S/C19H23N3O2/c1-3-20-19(21-11-10-16-8-6-12-23-16)22-14(2)18-13-15-7-4-5-9-17(15)24-18/h4-9,12-14H,3,10-11H2,1-2H3,(H2,20,21,22). The molecule has 24 heavy (non-hydrogen) atoms. The fraction of sp³-hybridized carbons (Fsp3) is 0.316. The van der Waals surface area contributed by atoms with Crippen LogP contribution in [-0.2, 0) is 6.42 Å². The number of fused-ring (bicyclic) bond motifs is 1. The van der Waals surface area contributed by atoms with Crippen molar-refractivity contribution in [3.8, 4) is 0 Å². The summed E-state index contributed by atoms with van der Waals surface area (Å²) in [6, 6.07) is 14.0.